The number of para-hydroxylation sites is 2. The van der Waals surface area contributed by atoms with Gasteiger partial charge in [0.1, 0.15) is 5.52 Å². The molecular weight excluding hydrogens is 250 g/mol. The van der Waals surface area contributed by atoms with Crippen LogP contribution in [0, 0.1) is 0 Å². The number of nitrogen functional groups attached to an aromatic ring is 1. The number of fused-ring (bicyclic) bond motifs is 2. The highest BCUT2D eigenvalue weighted by Gasteiger charge is 2.09. The van der Waals surface area contributed by atoms with Crippen LogP contribution in [0.15, 0.2) is 59.1 Å². The number of benzene rings is 2. The zero-order valence-electron chi connectivity index (χ0n) is 10.6. The van der Waals surface area contributed by atoms with E-state index in [1.54, 1.807) is 6.20 Å². The molecule has 0 unspecified atom stereocenters. The van der Waals surface area contributed by atoms with E-state index in [-0.39, 0.29) is 0 Å². The fraction of sp³-hybridized carbons (Fsp3) is 0. The SMILES string of the molecule is Nc1cccc2ncc(-c3nc4ccccc4o3)cc12. The Morgan fingerprint density at radius 3 is 2.70 bits per heavy atom. The van der Waals surface area contributed by atoms with E-state index in [0.717, 1.165) is 27.6 Å². The normalized spacial score (nSPS) is 11.2. The molecule has 2 N–H and O–H groups in total. The van der Waals surface area contributed by atoms with E-state index in [4.69, 9.17) is 10.2 Å². The van der Waals surface area contributed by atoms with Gasteiger partial charge in [0.2, 0.25) is 5.89 Å². The van der Waals surface area contributed by atoms with Crippen LogP contribution in [0.1, 0.15) is 0 Å². The van der Waals surface area contributed by atoms with Gasteiger partial charge >= 0.3 is 0 Å². The van der Waals surface area contributed by atoms with Gasteiger partial charge in [-0.25, -0.2) is 4.98 Å². The molecule has 96 valence electrons. The summed E-state index contributed by atoms with van der Waals surface area (Å²) in [6.45, 7) is 0. The fourth-order valence-corrected chi connectivity index (χ4v) is 2.28. The van der Waals surface area contributed by atoms with Crippen molar-refractivity contribution < 1.29 is 4.42 Å². The molecule has 4 nitrogen and oxygen atoms in total. The van der Waals surface area contributed by atoms with E-state index in [1.165, 1.54) is 0 Å². The Balaban J connectivity index is 1.95. The lowest BCUT2D eigenvalue weighted by Gasteiger charge is -2.02. The lowest BCUT2D eigenvalue weighted by molar-refractivity contribution is 0.619. The molecule has 20 heavy (non-hydrogen) atoms. The Hall–Kier alpha value is -2.88. The standard InChI is InChI=1S/C16H11N3O/c17-12-4-3-6-13-11(12)8-10(9-18-13)16-19-14-5-1-2-7-15(14)20-16/h1-9H,17H2. The molecule has 0 atom stereocenters. The van der Waals surface area contributed by atoms with E-state index in [1.807, 2.05) is 48.5 Å². The summed E-state index contributed by atoms with van der Waals surface area (Å²) in [6, 6.07) is 15.3. The molecule has 0 saturated carbocycles. The molecule has 0 radical (unpaired) electrons. The third-order valence-electron chi connectivity index (χ3n) is 3.30. The maximum absolute atomic E-state index is 5.99. The summed E-state index contributed by atoms with van der Waals surface area (Å²) in [7, 11) is 0. The number of rotatable bonds is 1. The van der Waals surface area contributed by atoms with Crippen LogP contribution >= 0.6 is 0 Å². The minimum Gasteiger partial charge on any atom is -0.436 e. The van der Waals surface area contributed by atoms with Crippen LogP contribution in [0.5, 0.6) is 0 Å². The van der Waals surface area contributed by atoms with Gasteiger partial charge < -0.3 is 10.2 Å². The van der Waals surface area contributed by atoms with Crippen molar-refractivity contribution in [1.82, 2.24) is 9.97 Å². The number of oxazole rings is 1. The van der Waals surface area contributed by atoms with Gasteiger partial charge in [0.15, 0.2) is 5.58 Å². The molecule has 0 aliphatic rings. The maximum atomic E-state index is 5.99. The van der Waals surface area contributed by atoms with E-state index in [0.29, 0.717) is 11.6 Å². The van der Waals surface area contributed by atoms with Crippen LogP contribution in [0.2, 0.25) is 0 Å². The summed E-state index contributed by atoms with van der Waals surface area (Å²) in [5.74, 6) is 0.559. The number of nitrogens with zero attached hydrogens (tertiary/aromatic N) is 2. The van der Waals surface area contributed by atoms with Crippen molar-refractivity contribution in [1.29, 1.82) is 0 Å². The van der Waals surface area contributed by atoms with Crippen molar-refractivity contribution in [2.45, 2.75) is 0 Å². The molecule has 2 aromatic carbocycles. The number of hydrogen-bond donors (Lipinski definition) is 1. The summed E-state index contributed by atoms with van der Waals surface area (Å²) in [5, 5.41) is 0.909. The molecule has 2 aromatic heterocycles. The van der Waals surface area contributed by atoms with Gasteiger partial charge in [0.25, 0.3) is 0 Å². The molecule has 0 saturated heterocycles. The van der Waals surface area contributed by atoms with Crippen molar-refractivity contribution in [2.24, 2.45) is 0 Å². The number of aromatic nitrogens is 2. The molecule has 0 aliphatic carbocycles. The molecule has 0 amide bonds. The van der Waals surface area contributed by atoms with Crippen molar-refractivity contribution in [3.05, 3.63) is 54.7 Å². The van der Waals surface area contributed by atoms with Crippen molar-refractivity contribution in [3.8, 4) is 11.5 Å². The highest BCUT2D eigenvalue weighted by molar-refractivity contribution is 5.92. The van der Waals surface area contributed by atoms with Crippen molar-refractivity contribution >= 4 is 27.7 Å². The maximum Gasteiger partial charge on any atom is 0.228 e. The van der Waals surface area contributed by atoms with Crippen LogP contribution < -0.4 is 5.73 Å². The van der Waals surface area contributed by atoms with Gasteiger partial charge in [-0.05, 0) is 30.3 Å². The summed E-state index contributed by atoms with van der Waals surface area (Å²) in [4.78, 5) is 8.88. The Morgan fingerprint density at radius 1 is 0.950 bits per heavy atom. The monoisotopic (exact) mass is 261 g/mol. The fourth-order valence-electron chi connectivity index (χ4n) is 2.28. The van der Waals surface area contributed by atoms with Gasteiger partial charge in [0.05, 0.1) is 11.1 Å². The molecule has 4 heteroatoms. The second kappa shape index (κ2) is 4.06. The Bertz CT molecular complexity index is 894. The van der Waals surface area contributed by atoms with Crippen LogP contribution in [-0.2, 0) is 0 Å². The predicted molar refractivity (Wildman–Crippen MR) is 79.2 cm³/mol. The van der Waals surface area contributed by atoms with Gasteiger partial charge in [0, 0.05) is 17.3 Å². The summed E-state index contributed by atoms with van der Waals surface area (Å²) in [6.07, 6.45) is 1.76. The number of anilines is 1. The minimum atomic E-state index is 0.559. The third kappa shape index (κ3) is 1.62. The molecule has 0 fully saturated rings. The first kappa shape index (κ1) is 11.0. The highest BCUT2D eigenvalue weighted by atomic mass is 16.3. The first-order valence-electron chi connectivity index (χ1n) is 6.31. The predicted octanol–water partition coefficient (Wildman–Crippen LogP) is 3.63. The van der Waals surface area contributed by atoms with Crippen LogP contribution in [-0.4, -0.2) is 9.97 Å². The van der Waals surface area contributed by atoms with Gasteiger partial charge in [-0.2, -0.15) is 0 Å². The summed E-state index contributed by atoms with van der Waals surface area (Å²) in [5.41, 5.74) is 9.98. The van der Waals surface area contributed by atoms with Gasteiger partial charge in [-0.15, -0.1) is 0 Å². The van der Waals surface area contributed by atoms with E-state index < -0.39 is 0 Å². The van der Waals surface area contributed by atoms with Gasteiger partial charge in [-0.3, -0.25) is 4.98 Å². The number of nitrogens with two attached hydrogens (primary N) is 1. The topological polar surface area (TPSA) is 64.9 Å². The lowest BCUT2D eigenvalue weighted by Crippen LogP contribution is -1.89. The Kier molecular flexibility index (Phi) is 2.23. The largest absolute Gasteiger partial charge is 0.436 e. The van der Waals surface area contributed by atoms with E-state index >= 15 is 0 Å². The Morgan fingerprint density at radius 2 is 1.80 bits per heavy atom. The van der Waals surface area contributed by atoms with E-state index in [2.05, 4.69) is 9.97 Å². The minimum absolute atomic E-state index is 0.559. The summed E-state index contributed by atoms with van der Waals surface area (Å²) < 4.78 is 5.75. The van der Waals surface area contributed by atoms with Crippen molar-refractivity contribution in [2.75, 3.05) is 5.73 Å². The van der Waals surface area contributed by atoms with Crippen LogP contribution in [0.3, 0.4) is 0 Å². The molecule has 4 aromatic rings. The molecule has 4 rings (SSSR count). The average Bonchev–Trinajstić information content (AvgIpc) is 2.91. The number of hydrogen-bond acceptors (Lipinski definition) is 4. The van der Waals surface area contributed by atoms with Gasteiger partial charge in [-0.1, -0.05) is 18.2 Å². The third-order valence-corrected chi connectivity index (χ3v) is 3.30. The lowest BCUT2D eigenvalue weighted by atomic mass is 10.1. The quantitative estimate of drug-likeness (QED) is 0.531. The zero-order valence-corrected chi connectivity index (χ0v) is 10.6. The highest BCUT2D eigenvalue weighted by Crippen LogP contribution is 2.27. The van der Waals surface area contributed by atoms with Crippen molar-refractivity contribution in [3.63, 3.8) is 0 Å². The first-order valence-corrected chi connectivity index (χ1v) is 6.31. The molecule has 2 heterocycles. The summed E-state index contributed by atoms with van der Waals surface area (Å²) >= 11 is 0. The molecule has 0 aliphatic heterocycles. The molecule has 0 bridgehead atoms. The second-order valence-electron chi connectivity index (χ2n) is 4.62. The number of pyridine rings is 1. The second-order valence-corrected chi connectivity index (χ2v) is 4.62. The first-order chi connectivity index (χ1) is 9.81. The van der Waals surface area contributed by atoms with E-state index in [9.17, 15) is 0 Å². The average molecular weight is 261 g/mol. The zero-order chi connectivity index (χ0) is 13.5. The molecule has 0 spiro atoms. The Labute approximate surface area is 114 Å². The molecular formula is C16H11N3O. The van der Waals surface area contributed by atoms with Crippen LogP contribution in [0.4, 0.5) is 5.69 Å². The smallest absolute Gasteiger partial charge is 0.228 e. The van der Waals surface area contributed by atoms with Crippen LogP contribution in [0.25, 0.3) is 33.5 Å².